The first-order valence-electron chi connectivity index (χ1n) is 21.2. The van der Waals surface area contributed by atoms with Crippen molar-refractivity contribution in [2.75, 3.05) is 0 Å². The second-order valence-corrected chi connectivity index (χ2v) is 15.8. The molecule has 294 valence electrons. The Balaban J connectivity index is 0.978. The van der Waals surface area contributed by atoms with Gasteiger partial charge in [0.15, 0.2) is 17.5 Å². The lowest BCUT2D eigenvalue weighted by Crippen LogP contribution is -2.00. The van der Waals surface area contributed by atoms with Gasteiger partial charge in [-0.15, -0.1) is 0 Å². The highest BCUT2D eigenvalue weighted by molar-refractivity contribution is 6.27. The third-order valence-electron chi connectivity index (χ3n) is 12.0. The average Bonchev–Trinajstić information content (AvgIpc) is 3.71. The Hall–Kier alpha value is -8.54. The molecule has 5 nitrogen and oxygen atoms in total. The van der Waals surface area contributed by atoms with E-state index in [1.165, 1.54) is 21.7 Å². The molecule has 3 heterocycles. The Morgan fingerprint density at radius 3 is 1.40 bits per heavy atom. The van der Waals surface area contributed by atoms with Gasteiger partial charge >= 0.3 is 0 Å². The number of pyridine rings is 1. The van der Waals surface area contributed by atoms with Crippen LogP contribution in [0.3, 0.4) is 0 Å². The lowest BCUT2D eigenvalue weighted by Gasteiger charge is -2.14. The van der Waals surface area contributed by atoms with Crippen molar-refractivity contribution in [2.24, 2.45) is 0 Å². The van der Waals surface area contributed by atoms with Gasteiger partial charge in [0.25, 0.3) is 0 Å². The minimum Gasteiger partial charge on any atom is -0.309 e. The third-order valence-corrected chi connectivity index (χ3v) is 12.0. The SMILES string of the molecule is c1ccc(-c2nc(-c3ccccc3)nc(-c3ccc(-c4cccc(-c5ccc6c7ccc8c(-c9ccccc9)nc9ccccc9c8c7n(-c7ccccc7)c6c5)c4)cc3)n2)cc1. The van der Waals surface area contributed by atoms with Crippen molar-refractivity contribution in [3.8, 4) is 73.4 Å². The van der Waals surface area contributed by atoms with Gasteiger partial charge in [-0.05, 0) is 52.6 Å². The molecule has 0 amide bonds. The third kappa shape index (κ3) is 6.42. The maximum atomic E-state index is 5.26. The number of rotatable bonds is 7. The highest BCUT2D eigenvalue weighted by atomic mass is 15.0. The fourth-order valence-corrected chi connectivity index (χ4v) is 9.01. The Morgan fingerprint density at radius 1 is 0.286 bits per heavy atom. The first-order chi connectivity index (χ1) is 31.2. The van der Waals surface area contributed by atoms with E-state index in [9.17, 15) is 0 Å². The Bertz CT molecular complexity index is 3580. The molecule has 5 heteroatoms. The monoisotopic (exact) mass is 803 g/mol. The summed E-state index contributed by atoms with van der Waals surface area (Å²) in [6.45, 7) is 0. The lowest BCUT2D eigenvalue weighted by molar-refractivity contribution is 1.07. The first kappa shape index (κ1) is 36.3. The topological polar surface area (TPSA) is 56.5 Å². The number of aromatic nitrogens is 5. The van der Waals surface area contributed by atoms with E-state index in [1.54, 1.807) is 0 Å². The minimum atomic E-state index is 0.637. The predicted molar refractivity (Wildman–Crippen MR) is 260 cm³/mol. The highest BCUT2D eigenvalue weighted by Crippen LogP contribution is 2.43. The fraction of sp³-hybridized carbons (Fsp3) is 0. The summed E-state index contributed by atoms with van der Waals surface area (Å²) in [5, 5.41) is 5.89. The van der Waals surface area contributed by atoms with E-state index in [1.807, 2.05) is 60.7 Å². The molecule has 0 aliphatic heterocycles. The highest BCUT2D eigenvalue weighted by Gasteiger charge is 2.20. The number of nitrogens with zero attached hydrogens (tertiary/aromatic N) is 5. The van der Waals surface area contributed by atoms with Crippen LogP contribution in [0.5, 0.6) is 0 Å². The fourth-order valence-electron chi connectivity index (χ4n) is 9.01. The summed E-state index contributed by atoms with van der Waals surface area (Å²) in [5.41, 5.74) is 13.9. The summed E-state index contributed by atoms with van der Waals surface area (Å²) < 4.78 is 2.45. The summed E-state index contributed by atoms with van der Waals surface area (Å²) in [5.74, 6) is 1.93. The number of benzene rings is 9. The smallest absolute Gasteiger partial charge is 0.164 e. The molecule has 0 saturated heterocycles. The quantitative estimate of drug-likeness (QED) is 0.151. The number of fused-ring (bicyclic) bond motifs is 7. The number of para-hydroxylation sites is 2. The van der Waals surface area contributed by atoms with Gasteiger partial charge in [0.2, 0.25) is 0 Å². The van der Waals surface area contributed by atoms with Gasteiger partial charge in [-0.2, -0.15) is 0 Å². The van der Waals surface area contributed by atoms with Crippen molar-refractivity contribution in [1.82, 2.24) is 24.5 Å². The van der Waals surface area contributed by atoms with Crippen molar-refractivity contribution in [3.05, 3.63) is 224 Å². The predicted octanol–water partition coefficient (Wildman–Crippen LogP) is 14.7. The molecule has 0 atom stereocenters. The first-order valence-corrected chi connectivity index (χ1v) is 21.2. The van der Waals surface area contributed by atoms with Gasteiger partial charge in [0.05, 0.1) is 22.2 Å². The van der Waals surface area contributed by atoms with Gasteiger partial charge in [-0.3, -0.25) is 0 Å². The molecule has 0 radical (unpaired) electrons. The molecule has 63 heavy (non-hydrogen) atoms. The Kier molecular flexibility index (Phi) is 8.75. The molecule has 0 saturated carbocycles. The van der Waals surface area contributed by atoms with Crippen LogP contribution in [-0.4, -0.2) is 24.5 Å². The van der Waals surface area contributed by atoms with E-state index >= 15 is 0 Å². The van der Waals surface area contributed by atoms with Crippen LogP contribution in [0.15, 0.2) is 224 Å². The van der Waals surface area contributed by atoms with Crippen LogP contribution in [0.4, 0.5) is 0 Å². The van der Waals surface area contributed by atoms with Crippen LogP contribution >= 0.6 is 0 Å². The zero-order valence-corrected chi connectivity index (χ0v) is 34.1. The van der Waals surface area contributed by atoms with E-state index in [2.05, 4.69) is 168 Å². The largest absolute Gasteiger partial charge is 0.309 e. The molecule has 9 aromatic carbocycles. The molecular formula is C58H37N5. The Labute approximate surface area is 364 Å². The molecular weight excluding hydrogens is 767 g/mol. The van der Waals surface area contributed by atoms with Crippen LogP contribution in [0, 0.1) is 0 Å². The summed E-state index contributed by atoms with van der Waals surface area (Å²) in [7, 11) is 0. The van der Waals surface area contributed by atoms with Crippen molar-refractivity contribution in [2.45, 2.75) is 0 Å². The molecule has 0 aliphatic rings. The van der Waals surface area contributed by atoms with Crippen LogP contribution in [0.1, 0.15) is 0 Å². The molecule has 12 rings (SSSR count). The average molecular weight is 804 g/mol. The second kappa shape index (κ2) is 15.2. The van der Waals surface area contributed by atoms with Crippen molar-refractivity contribution >= 4 is 43.5 Å². The van der Waals surface area contributed by atoms with Crippen molar-refractivity contribution in [1.29, 1.82) is 0 Å². The zero-order valence-electron chi connectivity index (χ0n) is 34.1. The molecule has 12 aromatic rings. The maximum absolute atomic E-state index is 5.26. The van der Waals surface area contributed by atoms with Gasteiger partial charge in [0.1, 0.15) is 0 Å². The van der Waals surface area contributed by atoms with Gasteiger partial charge in [-0.1, -0.05) is 194 Å². The van der Waals surface area contributed by atoms with Crippen LogP contribution in [0.2, 0.25) is 0 Å². The minimum absolute atomic E-state index is 0.637. The molecule has 0 fully saturated rings. The molecule has 3 aromatic heterocycles. The van der Waals surface area contributed by atoms with E-state index in [4.69, 9.17) is 19.9 Å². The standard InChI is InChI=1S/C58H37N5/c1-5-16-39(17-6-1)54-50-35-34-48-47-33-32-45(37-52(47)63(46-24-11-4-12-25-46)55(48)53(50)49-26-13-14-27-51(49)59-54)44-23-15-22-43(36-44)38-28-30-42(31-29-38)58-61-56(40-18-7-2-8-19-40)60-57(62-58)41-20-9-3-10-21-41/h1-37H. The van der Waals surface area contributed by atoms with Crippen LogP contribution < -0.4 is 0 Å². The van der Waals surface area contributed by atoms with E-state index in [0.717, 1.165) is 77.7 Å². The molecule has 0 unspecified atom stereocenters. The molecule has 0 N–H and O–H groups in total. The molecule has 0 spiro atoms. The van der Waals surface area contributed by atoms with E-state index in [0.29, 0.717) is 17.5 Å². The summed E-state index contributed by atoms with van der Waals surface area (Å²) in [6.07, 6.45) is 0. The van der Waals surface area contributed by atoms with E-state index < -0.39 is 0 Å². The van der Waals surface area contributed by atoms with Crippen LogP contribution in [0.25, 0.3) is 117 Å². The Morgan fingerprint density at radius 2 is 0.746 bits per heavy atom. The molecule has 0 bridgehead atoms. The number of hydrogen-bond donors (Lipinski definition) is 0. The normalized spacial score (nSPS) is 11.5. The molecule has 0 aliphatic carbocycles. The maximum Gasteiger partial charge on any atom is 0.164 e. The summed E-state index contributed by atoms with van der Waals surface area (Å²) >= 11 is 0. The van der Waals surface area contributed by atoms with Gasteiger partial charge in [0, 0.05) is 54.9 Å². The van der Waals surface area contributed by atoms with Gasteiger partial charge in [-0.25, -0.2) is 19.9 Å². The van der Waals surface area contributed by atoms with Crippen LogP contribution in [-0.2, 0) is 0 Å². The van der Waals surface area contributed by atoms with E-state index in [-0.39, 0.29) is 0 Å². The lowest BCUT2D eigenvalue weighted by atomic mass is 9.96. The summed E-state index contributed by atoms with van der Waals surface area (Å²) in [4.78, 5) is 20.0. The zero-order chi connectivity index (χ0) is 41.7. The van der Waals surface area contributed by atoms with Gasteiger partial charge < -0.3 is 4.57 Å². The second-order valence-electron chi connectivity index (χ2n) is 15.8. The summed E-state index contributed by atoms with van der Waals surface area (Å²) in [6, 6.07) is 78.8. The van der Waals surface area contributed by atoms with Crippen molar-refractivity contribution < 1.29 is 0 Å². The van der Waals surface area contributed by atoms with Crippen molar-refractivity contribution in [3.63, 3.8) is 0 Å². The number of hydrogen-bond acceptors (Lipinski definition) is 4.